The van der Waals surface area contributed by atoms with Gasteiger partial charge in [-0.05, 0) is 65.0 Å². The topological polar surface area (TPSA) is 38.7 Å². The molecule has 4 aromatic rings. The normalized spacial score (nSPS) is 13.8. The second-order valence-corrected chi connectivity index (χ2v) is 12.5. The van der Waals surface area contributed by atoms with E-state index < -0.39 is 6.10 Å². The first-order valence-corrected chi connectivity index (χ1v) is 14.9. The molecule has 0 aliphatic heterocycles. The zero-order valence-electron chi connectivity index (χ0n) is 23.9. The van der Waals surface area contributed by atoms with Crippen LogP contribution < -0.4 is 10.0 Å². The zero-order chi connectivity index (χ0) is 28.5. The molecule has 5 heteroatoms. The quantitative estimate of drug-likeness (QED) is 0.133. The van der Waals surface area contributed by atoms with Gasteiger partial charge in [0.25, 0.3) is 0 Å². The molecule has 0 bridgehead atoms. The Kier molecular flexibility index (Phi) is 10.5. The molecule has 0 aliphatic carbocycles. The first-order chi connectivity index (χ1) is 19.3. The Morgan fingerprint density at radius 2 is 1.52 bits per heavy atom. The summed E-state index contributed by atoms with van der Waals surface area (Å²) in [6.45, 7) is 6.31. The molecular weight excluding hydrogens is 518 g/mol. The second kappa shape index (κ2) is 14.0. The number of rotatable bonds is 13. The van der Waals surface area contributed by atoms with Crippen LogP contribution in [0.25, 0.3) is 0 Å². The zero-order valence-corrected chi connectivity index (χ0v) is 24.9. The van der Waals surface area contributed by atoms with Gasteiger partial charge in [-0.15, -0.1) is 0 Å². The van der Waals surface area contributed by atoms with Crippen molar-refractivity contribution in [3.63, 3.8) is 0 Å². The third-order valence-corrected chi connectivity index (χ3v) is 9.05. The van der Waals surface area contributed by atoms with Crippen molar-refractivity contribution in [2.24, 2.45) is 0 Å². The molecule has 1 N–H and O–H groups in total. The molecule has 3 atom stereocenters. The van der Waals surface area contributed by atoms with Crippen molar-refractivity contribution >= 4 is 13.9 Å². The van der Waals surface area contributed by atoms with Crippen molar-refractivity contribution in [2.75, 3.05) is 13.9 Å². The summed E-state index contributed by atoms with van der Waals surface area (Å²) in [6, 6.07) is 30.3. The average Bonchev–Trinajstić information content (AvgIpc) is 2.94. The van der Waals surface area contributed by atoms with E-state index in [1.165, 1.54) is 28.8 Å². The predicted octanol–water partition coefficient (Wildman–Crippen LogP) is 8.06. The van der Waals surface area contributed by atoms with Crippen LogP contribution in [0.5, 0.6) is 5.75 Å². The molecule has 0 saturated carbocycles. The Morgan fingerprint density at radius 3 is 2.12 bits per heavy atom. The minimum atomic E-state index is -0.758. The summed E-state index contributed by atoms with van der Waals surface area (Å²) >= 11 is 0. The summed E-state index contributed by atoms with van der Waals surface area (Å²) < 4.78 is 26.0. The van der Waals surface area contributed by atoms with Crippen molar-refractivity contribution in [2.45, 2.75) is 57.7 Å². The van der Waals surface area contributed by atoms with Crippen molar-refractivity contribution in [3.8, 4) is 5.75 Å². The molecule has 4 aromatic carbocycles. The molecule has 0 aromatic heterocycles. The minimum absolute atomic E-state index is 0.146. The Morgan fingerprint density at radius 1 is 0.875 bits per heavy atom. The maximum Gasteiger partial charge on any atom is 0.188 e. The third kappa shape index (κ3) is 7.57. The lowest BCUT2D eigenvalue weighted by Gasteiger charge is -2.34. The van der Waals surface area contributed by atoms with E-state index in [1.54, 1.807) is 14.0 Å². The van der Waals surface area contributed by atoms with Gasteiger partial charge in [0, 0.05) is 24.3 Å². The summed E-state index contributed by atoms with van der Waals surface area (Å²) in [4.78, 5) is 0. The third-order valence-electron chi connectivity index (χ3n) is 7.25. The smallest absolute Gasteiger partial charge is 0.188 e. The highest BCUT2D eigenvalue weighted by Gasteiger charge is 2.33. The first kappa shape index (κ1) is 29.9. The van der Waals surface area contributed by atoms with Gasteiger partial charge in [-0.1, -0.05) is 108 Å². The van der Waals surface area contributed by atoms with Gasteiger partial charge in [0.2, 0.25) is 0 Å². The van der Waals surface area contributed by atoms with E-state index >= 15 is 0 Å². The molecule has 0 saturated heterocycles. The Bertz CT molecular complexity index is 1370. The van der Waals surface area contributed by atoms with Crippen LogP contribution in [0, 0.1) is 5.82 Å². The van der Waals surface area contributed by atoms with E-state index in [-0.39, 0.29) is 17.8 Å². The van der Waals surface area contributed by atoms with E-state index in [0.717, 1.165) is 47.9 Å². The number of hydrogen-bond donors (Lipinski definition) is 1. The number of methoxy groups -OCH3 is 1. The molecular formula is C35H40FO3P. The highest BCUT2D eigenvalue weighted by molar-refractivity contribution is 7.48. The van der Waals surface area contributed by atoms with Crippen LogP contribution in [0.1, 0.15) is 73.1 Å². The number of halogens is 1. The number of hydrogen-bond acceptors (Lipinski definition) is 3. The van der Waals surface area contributed by atoms with Gasteiger partial charge >= 0.3 is 0 Å². The first-order valence-electron chi connectivity index (χ1n) is 13.9. The van der Waals surface area contributed by atoms with Crippen LogP contribution in [0.4, 0.5) is 4.39 Å². The molecule has 0 amide bonds. The molecule has 0 heterocycles. The summed E-state index contributed by atoms with van der Waals surface area (Å²) in [6.07, 6.45) is 2.66. The highest BCUT2D eigenvalue weighted by Crippen LogP contribution is 2.50. The molecule has 0 fully saturated rings. The fraction of sp³-hybridized carbons (Fsp3) is 0.314. The molecule has 0 radical (unpaired) electrons. The Labute approximate surface area is 240 Å². The molecule has 40 heavy (non-hydrogen) atoms. The van der Waals surface area contributed by atoms with E-state index in [9.17, 15) is 9.50 Å². The average molecular weight is 559 g/mol. The molecule has 3 unspecified atom stereocenters. The lowest BCUT2D eigenvalue weighted by atomic mass is 9.88. The van der Waals surface area contributed by atoms with E-state index in [2.05, 4.69) is 74.5 Å². The van der Waals surface area contributed by atoms with E-state index in [4.69, 9.17) is 9.47 Å². The summed E-state index contributed by atoms with van der Waals surface area (Å²) in [5.74, 6) is 0.521. The number of benzene rings is 4. The van der Waals surface area contributed by atoms with Crippen LogP contribution in [-0.2, 0) is 22.7 Å². The van der Waals surface area contributed by atoms with Crippen LogP contribution >= 0.6 is 8.58 Å². The van der Waals surface area contributed by atoms with Crippen LogP contribution in [0.3, 0.4) is 0 Å². The van der Waals surface area contributed by atoms with Gasteiger partial charge in [0.05, 0.1) is 6.10 Å². The second-order valence-electron chi connectivity index (χ2n) is 10.6. The van der Waals surface area contributed by atoms with Gasteiger partial charge in [-0.3, -0.25) is 0 Å². The maximum absolute atomic E-state index is 14.2. The van der Waals surface area contributed by atoms with Gasteiger partial charge in [-0.2, -0.15) is 0 Å². The molecule has 4 rings (SSSR count). The van der Waals surface area contributed by atoms with Crippen molar-refractivity contribution in [3.05, 3.63) is 130 Å². The van der Waals surface area contributed by atoms with E-state index in [1.807, 2.05) is 18.2 Å². The highest BCUT2D eigenvalue weighted by atomic mass is 31.1. The lowest BCUT2D eigenvalue weighted by Crippen LogP contribution is -2.24. The van der Waals surface area contributed by atoms with Crippen molar-refractivity contribution in [1.82, 2.24) is 0 Å². The van der Waals surface area contributed by atoms with Gasteiger partial charge < -0.3 is 14.6 Å². The summed E-state index contributed by atoms with van der Waals surface area (Å²) in [5, 5.41) is 11.2. The fourth-order valence-corrected chi connectivity index (χ4v) is 7.27. The minimum Gasteiger partial charge on any atom is -0.467 e. The Balaban J connectivity index is 1.90. The van der Waals surface area contributed by atoms with Crippen LogP contribution in [0.2, 0.25) is 0 Å². The number of ether oxygens (including phenoxy) is 2. The number of aliphatic hydroxyl groups excluding tert-OH is 1. The Hall–Kier alpha value is -3.04. The largest absolute Gasteiger partial charge is 0.467 e. The van der Waals surface area contributed by atoms with Crippen LogP contribution in [0.15, 0.2) is 91.0 Å². The van der Waals surface area contributed by atoms with Gasteiger partial charge in [-0.25, -0.2) is 4.39 Å². The van der Waals surface area contributed by atoms with Crippen molar-refractivity contribution in [1.29, 1.82) is 0 Å². The molecule has 210 valence electrons. The van der Waals surface area contributed by atoms with E-state index in [0.29, 0.717) is 14.1 Å². The lowest BCUT2D eigenvalue weighted by molar-refractivity contribution is 0.0493. The summed E-state index contributed by atoms with van der Waals surface area (Å²) in [7, 11) is 1.94. The van der Waals surface area contributed by atoms with Crippen molar-refractivity contribution < 1.29 is 19.0 Å². The standard InChI is InChI=1S/C35H40FO3P/c1-5-18-35(3,40-33-17-16-30(36)23-31(33)25(2)37)32-22-28(19-26-12-8-6-9-13-26)21-29(34(32)39-24-38-4)20-27-14-10-7-11-15-27/h6-17,21-23,25,37,40H,5,18-20,24H2,1-4H3. The molecule has 0 spiro atoms. The maximum atomic E-state index is 14.2. The van der Waals surface area contributed by atoms with Gasteiger partial charge in [0.15, 0.2) is 6.79 Å². The van der Waals surface area contributed by atoms with Crippen LogP contribution in [-0.4, -0.2) is 19.0 Å². The number of aliphatic hydroxyl groups is 1. The molecule has 0 aliphatic rings. The SMILES string of the molecule is CCCC(C)(Pc1ccc(F)cc1C(C)O)c1cc(Cc2ccccc2)cc(Cc2ccccc2)c1OCOC. The fourth-order valence-electron chi connectivity index (χ4n) is 5.39. The molecule has 3 nitrogen and oxygen atoms in total. The van der Waals surface area contributed by atoms with Gasteiger partial charge in [0.1, 0.15) is 11.6 Å². The summed E-state index contributed by atoms with van der Waals surface area (Å²) in [5.41, 5.74) is 6.57. The monoisotopic (exact) mass is 558 g/mol. The predicted molar refractivity (Wildman–Crippen MR) is 165 cm³/mol.